The monoisotopic (exact) mass is 1410 g/mol. The standard InChI is InChI=1S/C11H13N2.3C10H12N3.2C9H11N4.12C2H6/c1-10-6-3-4-7-11(10)13-9-5-8-12(13)2;1-9-8-11-5-4-10(9)13-7-3-6-12(13)2;1-9-4-5-11-8-10(9)13-7-3-6-12(13)2;1-9-10(5-3-6-11-9)13-8-4-7-12(13)2;1-8-9(6-10-7-11-8)13-5-3-4-12(13)2;1-8-6-10-7-11-9(8)13-5-3-4-12(13)2;12*1-2/h3-9H,1-2H3;3*3-8H,1-2H3;2*3-7H,1-2H3;12*1-2H3/q6*+1;;;;;;;;;;;;. The fourth-order valence-electron chi connectivity index (χ4n) is 8.20. The van der Waals surface area contributed by atoms with Crippen molar-refractivity contribution in [2.45, 2.75) is 208 Å². The fourth-order valence-corrected chi connectivity index (χ4v) is 8.20. The van der Waals surface area contributed by atoms with Crippen LogP contribution in [0.2, 0.25) is 0 Å². The Morgan fingerprint density at radius 1 is 0.235 bits per heavy atom. The Bertz CT molecular complexity index is 3150. The van der Waals surface area contributed by atoms with Gasteiger partial charge in [-0.15, -0.1) is 56.2 Å². The Morgan fingerprint density at radius 3 is 0.912 bits per heavy atom. The van der Waals surface area contributed by atoms with Crippen molar-refractivity contribution < 1.29 is 28.1 Å². The Labute approximate surface area is 621 Å². The summed E-state index contributed by atoms with van der Waals surface area (Å²) in [5, 5.41) is 0. The highest BCUT2D eigenvalue weighted by atomic mass is 15.4. The van der Waals surface area contributed by atoms with Crippen LogP contribution in [-0.4, -0.2) is 63.0 Å². The van der Waals surface area contributed by atoms with Crippen LogP contribution in [0, 0.1) is 41.5 Å². The van der Waals surface area contributed by atoms with Gasteiger partial charge in [0.25, 0.3) is 0 Å². The van der Waals surface area contributed by atoms with Crippen molar-refractivity contribution in [3.05, 3.63) is 249 Å². The number of rotatable bonds is 6. The minimum absolute atomic E-state index is 0.919. The van der Waals surface area contributed by atoms with Gasteiger partial charge in [0.15, 0.2) is 85.3 Å². The molecule has 19 nitrogen and oxygen atoms in total. The summed E-state index contributed by atoms with van der Waals surface area (Å²) in [6, 6.07) is 28.4. The van der Waals surface area contributed by atoms with E-state index in [4.69, 9.17) is 0 Å². The summed E-state index contributed by atoms with van der Waals surface area (Å²) in [5.74, 6) is 0.919. The van der Waals surface area contributed by atoms with E-state index in [1.165, 1.54) is 28.1 Å². The predicted molar refractivity (Wildman–Crippen MR) is 431 cm³/mol. The summed E-state index contributed by atoms with van der Waals surface area (Å²) in [6.07, 6.45) is 40.0. The molecule has 19 heteroatoms. The Kier molecular flexibility index (Phi) is 69.0. The SMILES string of the molecule is CC.CC.CC.CC.CC.CC.CC.CC.CC.CC.CC.CC.Cc1ccccc1-n1ccc[n+]1C.Cc1ccncc1-n1ccc[n+]1C.Cc1cnccc1-n1ccc[n+]1C.Cc1cncnc1-n1ccc[n+]1C.Cc1ncccc1-n1ccc[n+]1C.Cc1ncncc1-n1ccc[n+]1C. The van der Waals surface area contributed by atoms with Gasteiger partial charge in [-0.1, -0.05) is 184 Å². The molecule has 0 saturated carbocycles. The maximum absolute atomic E-state index is 4.24. The molecule has 102 heavy (non-hydrogen) atoms. The average molecular weight is 1410 g/mol. The van der Waals surface area contributed by atoms with Crippen LogP contribution in [0.15, 0.2) is 215 Å². The number of para-hydroxylation sites is 1. The molecule has 564 valence electrons. The molecule has 12 rings (SSSR count). The molecule has 0 amide bonds. The van der Waals surface area contributed by atoms with Gasteiger partial charge in [0.05, 0.1) is 61.0 Å². The average Bonchev–Trinajstić information content (AvgIpc) is 1.73. The Balaban J connectivity index is -0.000000255. The molecule has 0 atom stereocenters. The molecule has 0 aliphatic carbocycles. The molecular weight excluding hydrogens is 1260 g/mol. The first-order valence-corrected chi connectivity index (χ1v) is 37.3. The third-order valence-corrected chi connectivity index (χ3v) is 12.5. The van der Waals surface area contributed by atoms with Crippen LogP contribution < -0.4 is 28.1 Å². The number of benzene rings is 1. The molecule has 0 spiro atoms. The minimum atomic E-state index is 0.919. The topological polar surface area (TPSA) is 143 Å². The number of aryl methyl sites for hydroxylation is 12. The first-order chi connectivity index (χ1) is 49.7. The van der Waals surface area contributed by atoms with Crippen LogP contribution in [0.1, 0.15) is 200 Å². The molecule has 0 aliphatic heterocycles. The van der Waals surface area contributed by atoms with E-state index in [9.17, 15) is 0 Å². The number of pyridine rings is 3. The van der Waals surface area contributed by atoms with Crippen molar-refractivity contribution in [3.8, 4) is 34.3 Å². The van der Waals surface area contributed by atoms with Crippen molar-refractivity contribution in [2.24, 2.45) is 42.3 Å². The quantitative estimate of drug-likeness (QED) is 0.151. The van der Waals surface area contributed by atoms with E-state index >= 15 is 0 Å². The molecule has 11 aromatic heterocycles. The van der Waals surface area contributed by atoms with Crippen LogP contribution >= 0.6 is 0 Å². The van der Waals surface area contributed by atoms with Crippen LogP contribution in [0.25, 0.3) is 34.3 Å². The zero-order chi connectivity index (χ0) is 79.6. The van der Waals surface area contributed by atoms with Gasteiger partial charge in [-0.25, -0.2) is 19.9 Å². The van der Waals surface area contributed by atoms with E-state index in [2.05, 4.69) is 116 Å². The Hall–Kier alpha value is -9.91. The summed E-state index contributed by atoms with van der Waals surface area (Å²) >= 11 is 0. The van der Waals surface area contributed by atoms with Crippen LogP contribution in [-0.2, 0) is 42.3 Å². The lowest BCUT2D eigenvalue weighted by atomic mass is 10.2. The lowest BCUT2D eigenvalue weighted by molar-refractivity contribution is -0.744. The smallest absolute Gasteiger partial charge is 0.198 e. The van der Waals surface area contributed by atoms with E-state index in [1.54, 1.807) is 12.7 Å². The van der Waals surface area contributed by atoms with Gasteiger partial charge >= 0.3 is 0 Å². The molecule has 0 N–H and O–H groups in total. The molecule has 0 bridgehead atoms. The van der Waals surface area contributed by atoms with E-state index in [1.807, 2.05) is 428 Å². The summed E-state index contributed by atoms with van der Waals surface area (Å²) in [5.41, 5.74) is 12.4. The molecule has 0 unspecified atom stereocenters. The van der Waals surface area contributed by atoms with Crippen LogP contribution in [0.5, 0.6) is 0 Å². The number of hydrogen-bond acceptors (Lipinski definition) is 7. The second-order valence-electron chi connectivity index (χ2n) is 18.2. The van der Waals surface area contributed by atoms with Gasteiger partial charge in [-0.05, 0) is 88.6 Å². The largest absolute Gasteiger partial charge is 0.264 e. The predicted octanol–water partition coefficient (Wildman–Crippen LogP) is 17.7. The van der Waals surface area contributed by atoms with Crippen LogP contribution in [0.4, 0.5) is 0 Å². The summed E-state index contributed by atoms with van der Waals surface area (Å²) in [7, 11) is 12.0. The van der Waals surface area contributed by atoms with Crippen molar-refractivity contribution in [1.82, 2.24) is 63.0 Å². The number of nitrogens with zero attached hydrogens (tertiary/aromatic N) is 19. The second-order valence-corrected chi connectivity index (χ2v) is 18.2. The zero-order valence-electron chi connectivity index (χ0n) is 70.7. The van der Waals surface area contributed by atoms with Crippen LogP contribution in [0.3, 0.4) is 0 Å². The van der Waals surface area contributed by atoms with Crippen molar-refractivity contribution in [1.29, 1.82) is 0 Å². The molecule has 0 saturated heterocycles. The van der Waals surface area contributed by atoms with Crippen molar-refractivity contribution >= 4 is 0 Å². The highest BCUT2D eigenvalue weighted by molar-refractivity contribution is 5.39. The molecule has 11 heterocycles. The molecule has 12 aromatic rings. The number of hydrogen-bond donors (Lipinski definition) is 0. The first kappa shape index (κ1) is 103. The normalized spacial score (nSPS) is 8.59. The fraction of sp³-hybridized carbons (Fsp3) is 0.434. The zero-order valence-corrected chi connectivity index (χ0v) is 70.7. The highest BCUT2D eigenvalue weighted by Gasteiger charge is 2.13. The summed E-state index contributed by atoms with van der Waals surface area (Å²) in [4.78, 5) is 28.7. The molecule has 1 aromatic carbocycles. The maximum Gasteiger partial charge on any atom is 0.198 e. The van der Waals surface area contributed by atoms with Crippen molar-refractivity contribution in [2.75, 3.05) is 0 Å². The second kappa shape index (κ2) is 68.2. The third kappa shape index (κ3) is 36.4. The van der Waals surface area contributed by atoms with E-state index in [-0.39, 0.29) is 0 Å². The van der Waals surface area contributed by atoms with Crippen molar-refractivity contribution in [3.63, 3.8) is 0 Å². The molecule has 0 radical (unpaired) electrons. The minimum Gasteiger partial charge on any atom is -0.264 e. The van der Waals surface area contributed by atoms with Gasteiger partial charge < -0.3 is 0 Å². The lowest BCUT2D eigenvalue weighted by Gasteiger charge is -2.02. The number of aromatic nitrogens is 19. The van der Waals surface area contributed by atoms with E-state index in [0.717, 1.165) is 39.8 Å². The van der Waals surface area contributed by atoms with Gasteiger partial charge in [0, 0.05) is 72.9 Å². The maximum atomic E-state index is 4.24. The van der Waals surface area contributed by atoms with Gasteiger partial charge in [-0.2, -0.15) is 0 Å². The Morgan fingerprint density at radius 2 is 0.539 bits per heavy atom. The highest BCUT2D eigenvalue weighted by Crippen LogP contribution is 2.13. The summed E-state index contributed by atoms with van der Waals surface area (Å²) in [6.45, 7) is 60.2. The molecule has 0 aliphatic rings. The first-order valence-electron chi connectivity index (χ1n) is 37.3. The van der Waals surface area contributed by atoms with Gasteiger partial charge in [-0.3, -0.25) is 15.0 Å². The third-order valence-electron chi connectivity index (χ3n) is 12.5. The van der Waals surface area contributed by atoms with Gasteiger partial charge in [0.2, 0.25) is 0 Å². The summed E-state index contributed by atoms with van der Waals surface area (Å²) < 4.78 is 24.4. The molecule has 0 fully saturated rings. The van der Waals surface area contributed by atoms with E-state index < -0.39 is 0 Å². The lowest BCUT2D eigenvalue weighted by Crippen LogP contribution is -2.37. The van der Waals surface area contributed by atoms with E-state index in [0.29, 0.717) is 0 Å². The van der Waals surface area contributed by atoms with Gasteiger partial charge in [0.1, 0.15) is 41.1 Å². The molecular formula is C83H143N19+6.